The minimum atomic E-state index is -1.04. The second kappa shape index (κ2) is 5.55. The molecular formula is C9H16N2O4. The molecule has 2 amide bonds. The van der Waals surface area contributed by atoms with Crippen molar-refractivity contribution in [3.05, 3.63) is 0 Å². The van der Waals surface area contributed by atoms with E-state index < -0.39 is 18.0 Å². The molecule has 0 bridgehead atoms. The number of rotatable bonds is 3. The molecule has 0 radical (unpaired) electrons. The second-order valence-corrected chi connectivity index (χ2v) is 3.56. The Hall–Kier alpha value is -1.30. The summed E-state index contributed by atoms with van der Waals surface area (Å²) in [6.45, 7) is 2.70. The van der Waals surface area contributed by atoms with Crippen LogP contribution in [0.5, 0.6) is 0 Å². The maximum atomic E-state index is 11.3. The molecule has 1 fully saturated rings. The predicted molar refractivity (Wildman–Crippen MR) is 52.6 cm³/mol. The zero-order valence-corrected chi connectivity index (χ0v) is 8.66. The lowest BCUT2D eigenvalue weighted by atomic mass is 10.1. The number of carbonyl (C=O) groups excluding carboxylic acids is 1. The quantitative estimate of drug-likeness (QED) is 0.616. The van der Waals surface area contributed by atoms with E-state index in [0.29, 0.717) is 13.2 Å². The Morgan fingerprint density at radius 3 is 2.53 bits per heavy atom. The van der Waals surface area contributed by atoms with Crippen LogP contribution in [0.1, 0.15) is 19.8 Å². The van der Waals surface area contributed by atoms with E-state index in [9.17, 15) is 9.59 Å². The molecule has 1 atom stereocenters. The van der Waals surface area contributed by atoms with Crippen molar-refractivity contribution in [1.29, 1.82) is 0 Å². The molecular weight excluding hydrogens is 200 g/mol. The van der Waals surface area contributed by atoms with Crippen LogP contribution in [0, 0.1) is 0 Å². The molecule has 0 unspecified atom stereocenters. The highest BCUT2D eigenvalue weighted by Crippen LogP contribution is 2.05. The van der Waals surface area contributed by atoms with Gasteiger partial charge in [0.15, 0.2) is 0 Å². The van der Waals surface area contributed by atoms with Crippen molar-refractivity contribution >= 4 is 12.0 Å². The van der Waals surface area contributed by atoms with Crippen molar-refractivity contribution < 1.29 is 19.4 Å². The Labute approximate surface area is 88.0 Å². The molecule has 0 aromatic rings. The van der Waals surface area contributed by atoms with E-state index in [2.05, 4.69) is 10.6 Å². The number of nitrogens with one attached hydrogen (secondary N) is 2. The molecule has 6 nitrogen and oxygen atoms in total. The van der Waals surface area contributed by atoms with E-state index in [0.717, 1.165) is 12.8 Å². The molecule has 1 aliphatic rings. The van der Waals surface area contributed by atoms with Crippen LogP contribution in [-0.4, -0.2) is 42.4 Å². The minimum absolute atomic E-state index is 0.0831. The molecule has 86 valence electrons. The molecule has 15 heavy (non-hydrogen) atoms. The number of hydrogen-bond acceptors (Lipinski definition) is 3. The van der Waals surface area contributed by atoms with Crippen LogP contribution in [0.25, 0.3) is 0 Å². The number of carbonyl (C=O) groups is 2. The summed E-state index contributed by atoms with van der Waals surface area (Å²) in [4.78, 5) is 21.8. The van der Waals surface area contributed by atoms with Gasteiger partial charge in [0.25, 0.3) is 0 Å². The fraction of sp³-hybridized carbons (Fsp3) is 0.778. The van der Waals surface area contributed by atoms with Gasteiger partial charge in [-0.1, -0.05) is 0 Å². The molecule has 1 heterocycles. The summed E-state index contributed by atoms with van der Waals surface area (Å²) in [6, 6.07) is -1.22. The average Bonchev–Trinajstić information content (AvgIpc) is 2.18. The van der Waals surface area contributed by atoms with Gasteiger partial charge in [0.05, 0.1) is 0 Å². The molecule has 3 N–H and O–H groups in total. The highest BCUT2D eigenvalue weighted by atomic mass is 16.5. The summed E-state index contributed by atoms with van der Waals surface area (Å²) in [6.07, 6.45) is 1.55. The molecule has 0 saturated carbocycles. The summed E-state index contributed by atoms with van der Waals surface area (Å²) in [5.41, 5.74) is 0. The predicted octanol–water partition coefficient (Wildman–Crippen LogP) is -0.0623. The minimum Gasteiger partial charge on any atom is -0.480 e. The third kappa shape index (κ3) is 4.16. The van der Waals surface area contributed by atoms with E-state index in [1.807, 2.05) is 0 Å². The molecule has 0 aromatic heterocycles. The van der Waals surface area contributed by atoms with Crippen molar-refractivity contribution in [3.8, 4) is 0 Å². The van der Waals surface area contributed by atoms with Crippen LogP contribution in [0.3, 0.4) is 0 Å². The molecule has 0 spiro atoms. The highest BCUT2D eigenvalue weighted by Gasteiger charge is 2.18. The maximum absolute atomic E-state index is 11.3. The van der Waals surface area contributed by atoms with E-state index in [1.54, 1.807) is 0 Å². The van der Waals surface area contributed by atoms with E-state index >= 15 is 0 Å². The number of hydrogen-bond donors (Lipinski definition) is 3. The number of carboxylic acids is 1. The second-order valence-electron chi connectivity index (χ2n) is 3.56. The van der Waals surface area contributed by atoms with Crippen molar-refractivity contribution in [3.63, 3.8) is 0 Å². The van der Waals surface area contributed by atoms with Gasteiger partial charge in [0, 0.05) is 19.3 Å². The van der Waals surface area contributed by atoms with Gasteiger partial charge < -0.3 is 20.5 Å². The number of urea groups is 1. The Bertz CT molecular complexity index is 238. The van der Waals surface area contributed by atoms with Crippen molar-refractivity contribution in [2.24, 2.45) is 0 Å². The Morgan fingerprint density at radius 1 is 1.40 bits per heavy atom. The molecule has 0 aromatic carbocycles. The summed E-state index contributed by atoms with van der Waals surface area (Å²) >= 11 is 0. The third-order valence-electron chi connectivity index (χ3n) is 2.27. The van der Waals surface area contributed by atoms with Crippen LogP contribution >= 0.6 is 0 Å². The summed E-state index contributed by atoms with van der Waals surface area (Å²) in [5.74, 6) is -1.04. The van der Waals surface area contributed by atoms with Gasteiger partial charge in [-0.2, -0.15) is 0 Å². The number of ether oxygens (including phenoxy) is 1. The van der Waals surface area contributed by atoms with Gasteiger partial charge in [-0.15, -0.1) is 0 Å². The number of carboxylic acid groups (broad SMARTS) is 1. The third-order valence-corrected chi connectivity index (χ3v) is 2.27. The van der Waals surface area contributed by atoms with Gasteiger partial charge in [-0.25, -0.2) is 4.79 Å². The first-order valence-corrected chi connectivity index (χ1v) is 4.97. The van der Waals surface area contributed by atoms with Crippen molar-refractivity contribution in [1.82, 2.24) is 10.6 Å². The monoisotopic (exact) mass is 216 g/mol. The normalized spacial score (nSPS) is 19.3. The van der Waals surface area contributed by atoms with Gasteiger partial charge in [0.2, 0.25) is 0 Å². The van der Waals surface area contributed by atoms with E-state index in [1.165, 1.54) is 6.92 Å². The summed E-state index contributed by atoms with van der Waals surface area (Å²) < 4.78 is 5.13. The largest absolute Gasteiger partial charge is 0.480 e. The Balaban J connectivity index is 2.25. The Morgan fingerprint density at radius 2 is 2.00 bits per heavy atom. The average molecular weight is 216 g/mol. The first kappa shape index (κ1) is 11.8. The summed E-state index contributed by atoms with van der Waals surface area (Å²) in [7, 11) is 0. The smallest absolute Gasteiger partial charge is 0.325 e. The number of aliphatic carboxylic acids is 1. The SMILES string of the molecule is C[C@H](NC(=O)NC1CCOCC1)C(=O)O. The molecule has 1 aliphatic heterocycles. The van der Waals surface area contributed by atoms with Crippen LogP contribution in [-0.2, 0) is 9.53 Å². The van der Waals surface area contributed by atoms with Crippen LogP contribution < -0.4 is 10.6 Å². The van der Waals surface area contributed by atoms with E-state index in [4.69, 9.17) is 9.84 Å². The van der Waals surface area contributed by atoms with Crippen LogP contribution in [0.15, 0.2) is 0 Å². The van der Waals surface area contributed by atoms with Crippen LogP contribution in [0.4, 0.5) is 4.79 Å². The zero-order chi connectivity index (χ0) is 11.3. The van der Waals surface area contributed by atoms with Crippen molar-refractivity contribution in [2.45, 2.75) is 31.8 Å². The lowest BCUT2D eigenvalue weighted by Gasteiger charge is -2.23. The van der Waals surface area contributed by atoms with Gasteiger partial charge >= 0.3 is 12.0 Å². The lowest BCUT2D eigenvalue weighted by Crippen LogP contribution is -2.49. The fourth-order valence-electron chi connectivity index (χ4n) is 1.33. The molecule has 0 aliphatic carbocycles. The first-order valence-electron chi connectivity index (χ1n) is 4.97. The van der Waals surface area contributed by atoms with Gasteiger partial charge in [-0.05, 0) is 19.8 Å². The fourth-order valence-corrected chi connectivity index (χ4v) is 1.33. The van der Waals surface area contributed by atoms with Crippen LogP contribution in [0.2, 0.25) is 0 Å². The van der Waals surface area contributed by atoms with Gasteiger partial charge in [-0.3, -0.25) is 4.79 Å². The zero-order valence-electron chi connectivity index (χ0n) is 8.66. The molecule has 1 rings (SSSR count). The molecule has 1 saturated heterocycles. The Kier molecular flexibility index (Phi) is 4.36. The molecule has 6 heteroatoms. The lowest BCUT2D eigenvalue weighted by molar-refractivity contribution is -0.138. The topological polar surface area (TPSA) is 87.7 Å². The van der Waals surface area contributed by atoms with Gasteiger partial charge in [0.1, 0.15) is 6.04 Å². The van der Waals surface area contributed by atoms with E-state index in [-0.39, 0.29) is 6.04 Å². The standard InChI is InChI=1S/C9H16N2O4/c1-6(8(12)13)10-9(14)11-7-2-4-15-5-3-7/h6-7H,2-5H2,1H3,(H,12,13)(H2,10,11,14)/t6-/m0/s1. The maximum Gasteiger partial charge on any atom is 0.325 e. The van der Waals surface area contributed by atoms with Crippen molar-refractivity contribution in [2.75, 3.05) is 13.2 Å². The first-order chi connectivity index (χ1) is 7.09. The summed E-state index contributed by atoms with van der Waals surface area (Å²) in [5, 5.41) is 13.6. The number of amides is 2. The highest BCUT2D eigenvalue weighted by molar-refractivity contribution is 5.82.